The molecular weight excluding hydrogens is 214 g/mol. The van der Waals surface area contributed by atoms with Crippen LogP contribution in [0.3, 0.4) is 0 Å². The molecule has 0 fully saturated rings. The molecule has 1 atom stereocenters. The van der Waals surface area contributed by atoms with Crippen LogP contribution in [0.25, 0.3) is 0 Å². The van der Waals surface area contributed by atoms with Crippen molar-refractivity contribution in [2.45, 2.75) is 32.2 Å². The Bertz CT molecular complexity index is 265. The van der Waals surface area contributed by atoms with Crippen molar-refractivity contribution in [3.63, 3.8) is 0 Å². The molecular formula is C10H17NO3S. The summed E-state index contributed by atoms with van der Waals surface area (Å²) >= 11 is 1.42. The van der Waals surface area contributed by atoms with Crippen molar-refractivity contribution >= 4 is 23.6 Å². The van der Waals surface area contributed by atoms with E-state index in [2.05, 4.69) is 5.32 Å². The van der Waals surface area contributed by atoms with Gasteiger partial charge in [0.1, 0.15) is 0 Å². The Kier molecular flexibility index (Phi) is 6.08. The van der Waals surface area contributed by atoms with Gasteiger partial charge in [-0.25, -0.2) is 0 Å². The predicted octanol–water partition coefficient (Wildman–Crippen LogP) is 1.62. The van der Waals surface area contributed by atoms with Crippen LogP contribution in [0.15, 0.2) is 11.5 Å². The molecule has 0 bridgehead atoms. The first-order valence-electron chi connectivity index (χ1n) is 4.67. The van der Waals surface area contributed by atoms with Crippen LogP contribution in [-0.2, 0) is 9.59 Å². The Morgan fingerprint density at radius 3 is 2.53 bits per heavy atom. The van der Waals surface area contributed by atoms with Crippen LogP contribution in [0, 0.1) is 0 Å². The minimum Gasteiger partial charge on any atom is -0.481 e. The number of carbonyl (C=O) groups is 2. The standard InChI is InChI=1S/C10H17NO3S/c1-4-10(2,7-9(13)14)11-8(12)5-6-15-3/h5-6H,4,7H2,1-3H3,(H,11,12)(H,13,14)/b6-5+. The van der Waals surface area contributed by atoms with Crippen LogP contribution in [0.1, 0.15) is 26.7 Å². The Morgan fingerprint density at radius 2 is 2.13 bits per heavy atom. The molecule has 15 heavy (non-hydrogen) atoms. The summed E-state index contributed by atoms with van der Waals surface area (Å²) in [5, 5.41) is 13.0. The van der Waals surface area contributed by atoms with E-state index in [1.807, 2.05) is 13.2 Å². The number of carboxylic acid groups (broad SMARTS) is 1. The van der Waals surface area contributed by atoms with Gasteiger partial charge in [0.05, 0.1) is 6.42 Å². The third-order valence-corrected chi connectivity index (χ3v) is 2.51. The lowest BCUT2D eigenvalue weighted by Crippen LogP contribution is -2.46. The van der Waals surface area contributed by atoms with Crippen molar-refractivity contribution in [3.05, 3.63) is 11.5 Å². The largest absolute Gasteiger partial charge is 0.481 e. The first-order valence-corrected chi connectivity index (χ1v) is 5.95. The lowest BCUT2D eigenvalue weighted by atomic mass is 9.94. The molecule has 0 aromatic heterocycles. The number of hydrogen-bond acceptors (Lipinski definition) is 3. The van der Waals surface area contributed by atoms with Crippen LogP contribution in [-0.4, -0.2) is 28.8 Å². The predicted molar refractivity (Wildman–Crippen MR) is 61.7 cm³/mol. The second-order valence-electron chi connectivity index (χ2n) is 3.51. The minimum atomic E-state index is -0.909. The molecule has 0 heterocycles. The summed E-state index contributed by atoms with van der Waals surface area (Å²) in [6.07, 6.45) is 3.76. The Labute approximate surface area is 94.1 Å². The molecule has 0 aliphatic rings. The van der Waals surface area contributed by atoms with Gasteiger partial charge >= 0.3 is 5.97 Å². The van der Waals surface area contributed by atoms with Crippen molar-refractivity contribution in [1.82, 2.24) is 5.32 Å². The molecule has 0 spiro atoms. The molecule has 1 amide bonds. The maximum atomic E-state index is 11.4. The van der Waals surface area contributed by atoms with Crippen LogP contribution in [0.4, 0.5) is 0 Å². The number of amides is 1. The number of carbonyl (C=O) groups excluding carboxylic acids is 1. The van der Waals surface area contributed by atoms with Crippen molar-refractivity contribution < 1.29 is 14.7 Å². The highest BCUT2D eigenvalue weighted by Crippen LogP contribution is 2.14. The number of rotatable bonds is 6. The zero-order valence-corrected chi connectivity index (χ0v) is 10.1. The van der Waals surface area contributed by atoms with E-state index in [1.54, 1.807) is 12.3 Å². The monoisotopic (exact) mass is 231 g/mol. The van der Waals surface area contributed by atoms with Gasteiger partial charge < -0.3 is 10.4 Å². The van der Waals surface area contributed by atoms with Gasteiger partial charge in [-0.2, -0.15) is 0 Å². The van der Waals surface area contributed by atoms with Crippen molar-refractivity contribution in [3.8, 4) is 0 Å². The van der Waals surface area contributed by atoms with E-state index >= 15 is 0 Å². The summed E-state index contributed by atoms with van der Waals surface area (Å²) in [5.41, 5.74) is -0.675. The third kappa shape index (κ3) is 6.17. The molecule has 86 valence electrons. The van der Waals surface area contributed by atoms with Crippen LogP contribution in [0.2, 0.25) is 0 Å². The van der Waals surface area contributed by atoms with Gasteiger partial charge in [-0.15, -0.1) is 11.8 Å². The van der Waals surface area contributed by atoms with E-state index in [4.69, 9.17) is 5.11 Å². The second kappa shape index (κ2) is 6.50. The van der Waals surface area contributed by atoms with Crippen molar-refractivity contribution in [2.24, 2.45) is 0 Å². The van der Waals surface area contributed by atoms with Crippen molar-refractivity contribution in [2.75, 3.05) is 6.26 Å². The maximum Gasteiger partial charge on any atom is 0.305 e. The summed E-state index contributed by atoms with van der Waals surface area (Å²) in [5.74, 6) is -1.16. The summed E-state index contributed by atoms with van der Waals surface area (Å²) in [7, 11) is 0. The molecule has 1 unspecified atom stereocenters. The van der Waals surface area contributed by atoms with E-state index in [9.17, 15) is 9.59 Å². The topological polar surface area (TPSA) is 66.4 Å². The lowest BCUT2D eigenvalue weighted by molar-refractivity contribution is -0.138. The maximum absolute atomic E-state index is 11.4. The van der Waals surface area contributed by atoms with Gasteiger partial charge in [0.15, 0.2) is 0 Å². The molecule has 0 aliphatic heterocycles. The van der Waals surface area contributed by atoms with Crippen LogP contribution < -0.4 is 5.32 Å². The molecule has 0 saturated heterocycles. The van der Waals surface area contributed by atoms with E-state index < -0.39 is 11.5 Å². The molecule has 5 heteroatoms. The van der Waals surface area contributed by atoms with Gasteiger partial charge in [0, 0.05) is 11.6 Å². The van der Waals surface area contributed by atoms with E-state index in [-0.39, 0.29) is 12.3 Å². The first-order chi connectivity index (χ1) is 6.93. The SMILES string of the molecule is CCC(C)(CC(=O)O)NC(=O)/C=C/SC. The molecule has 0 aromatic rings. The Balaban J connectivity index is 4.36. The normalized spacial score (nSPS) is 14.9. The Hall–Kier alpha value is -0.970. The van der Waals surface area contributed by atoms with Gasteiger partial charge in [0.2, 0.25) is 5.91 Å². The number of thioether (sulfide) groups is 1. The minimum absolute atomic E-state index is 0.0671. The lowest BCUT2D eigenvalue weighted by Gasteiger charge is -2.27. The van der Waals surface area contributed by atoms with Crippen LogP contribution >= 0.6 is 11.8 Å². The summed E-state index contributed by atoms with van der Waals surface area (Å²) in [6, 6.07) is 0. The third-order valence-electron chi connectivity index (χ3n) is 2.10. The molecule has 4 nitrogen and oxygen atoms in total. The summed E-state index contributed by atoms with van der Waals surface area (Å²) in [6.45, 7) is 3.58. The zero-order valence-electron chi connectivity index (χ0n) is 9.24. The highest BCUT2D eigenvalue weighted by molar-refractivity contribution is 8.01. The van der Waals surface area contributed by atoms with E-state index in [1.165, 1.54) is 17.8 Å². The van der Waals surface area contributed by atoms with Gasteiger partial charge in [-0.3, -0.25) is 9.59 Å². The van der Waals surface area contributed by atoms with E-state index in [0.29, 0.717) is 6.42 Å². The number of aliphatic carboxylic acids is 1. The number of nitrogens with one attached hydrogen (secondary N) is 1. The fourth-order valence-electron chi connectivity index (χ4n) is 1.06. The average Bonchev–Trinajstić information content (AvgIpc) is 2.13. The summed E-state index contributed by atoms with van der Waals surface area (Å²) < 4.78 is 0. The number of hydrogen-bond donors (Lipinski definition) is 2. The first kappa shape index (κ1) is 14.0. The van der Waals surface area contributed by atoms with Gasteiger partial charge in [0.25, 0.3) is 0 Å². The van der Waals surface area contributed by atoms with Gasteiger partial charge in [-0.05, 0) is 25.0 Å². The fraction of sp³-hybridized carbons (Fsp3) is 0.600. The fourth-order valence-corrected chi connectivity index (χ4v) is 1.32. The molecule has 0 aliphatic carbocycles. The zero-order chi connectivity index (χ0) is 11.9. The second-order valence-corrected chi connectivity index (χ2v) is 4.26. The average molecular weight is 231 g/mol. The molecule has 0 rings (SSSR count). The molecule has 2 N–H and O–H groups in total. The molecule has 0 saturated carbocycles. The summed E-state index contributed by atoms with van der Waals surface area (Å²) in [4.78, 5) is 21.9. The quantitative estimate of drug-likeness (QED) is 0.682. The Morgan fingerprint density at radius 1 is 1.53 bits per heavy atom. The van der Waals surface area contributed by atoms with E-state index in [0.717, 1.165) is 0 Å². The number of carboxylic acids is 1. The highest BCUT2D eigenvalue weighted by Gasteiger charge is 2.26. The van der Waals surface area contributed by atoms with Gasteiger partial charge in [-0.1, -0.05) is 6.92 Å². The highest BCUT2D eigenvalue weighted by atomic mass is 32.2. The van der Waals surface area contributed by atoms with Crippen molar-refractivity contribution in [1.29, 1.82) is 0 Å². The molecule has 0 aromatic carbocycles. The molecule has 0 radical (unpaired) electrons. The van der Waals surface area contributed by atoms with Crippen LogP contribution in [0.5, 0.6) is 0 Å². The smallest absolute Gasteiger partial charge is 0.305 e.